The van der Waals surface area contributed by atoms with Crippen LogP contribution in [-0.2, 0) is 10.2 Å². The van der Waals surface area contributed by atoms with Crippen LogP contribution in [0.4, 0.5) is 43.4 Å². The summed E-state index contributed by atoms with van der Waals surface area (Å²) < 4.78 is 88.9. The Bertz CT molecular complexity index is 1630. The van der Waals surface area contributed by atoms with Gasteiger partial charge in [0.1, 0.15) is 11.5 Å². The van der Waals surface area contributed by atoms with Crippen LogP contribution in [0.15, 0.2) is 84.1 Å². The van der Waals surface area contributed by atoms with Gasteiger partial charge in [-0.3, -0.25) is 9.59 Å². The fourth-order valence-electron chi connectivity index (χ4n) is 4.70. The van der Waals surface area contributed by atoms with Crippen molar-refractivity contribution in [1.82, 2.24) is 0 Å². The number of benzene rings is 3. The number of alkyl halides is 6. The first-order valence-electron chi connectivity index (χ1n) is 12.5. The van der Waals surface area contributed by atoms with Crippen molar-refractivity contribution < 1.29 is 46.1 Å². The Morgan fingerprint density at radius 1 is 0.744 bits per heavy atom. The Morgan fingerprint density at radius 3 is 1.77 bits per heavy atom. The minimum absolute atomic E-state index is 0.0769. The number of rotatable bonds is 6. The summed E-state index contributed by atoms with van der Waals surface area (Å²) in [4.78, 5) is 25.4. The maximum atomic E-state index is 14.8. The molecule has 0 aromatic heterocycles. The van der Waals surface area contributed by atoms with Gasteiger partial charge < -0.3 is 32.3 Å². The summed E-state index contributed by atoms with van der Waals surface area (Å²) in [5.41, 5.74) is 2.71. The number of nitrogen functional groups attached to an aromatic ring is 1. The Balaban J connectivity index is 1.85. The molecule has 226 valence electrons. The zero-order valence-electron chi connectivity index (χ0n) is 22.0. The van der Waals surface area contributed by atoms with Crippen LogP contribution in [-0.4, -0.2) is 34.4 Å². The second kappa shape index (κ2) is 11.3. The van der Waals surface area contributed by atoms with Gasteiger partial charge in [-0.05, 0) is 72.5 Å². The Hall–Kier alpha value is -5.14. The van der Waals surface area contributed by atoms with E-state index < -0.39 is 63.6 Å². The number of carbonyl (C=O) groups excluding carboxylic acids is 2. The van der Waals surface area contributed by atoms with Crippen molar-refractivity contribution in [3.05, 3.63) is 101 Å². The van der Waals surface area contributed by atoms with Crippen LogP contribution >= 0.6 is 0 Å². The van der Waals surface area contributed by atoms with Gasteiger partial charge in [0.15, 0.2) is 0 Å². The van der Waals surface area contributed by atoms with Gasteiger partial charge in [0.25, 0.3) is 11.8 Å². The average molecular weight is 607 g/mol. The summed E-state index contributed by atoms with van der Waals surface area (Å²) in [5.74, 6) is -3.46. The van der Waals surface area contributed by atoms with Crippen molar-refractivity contribution in [2.75, 3.05) is 16.4 Å². The lowest BCUT2D eigenvalue weighted by molar-refractivity contribution is -0.288. The summed E-state index contributed by atoms with van der Waals surface area (Å²) in [7, 11) is 0. The number of halogens is 6. The van der Waals surface area contributed by atoms with Crippen LogP contribution in [0.3, 0.4) is 0 Å². The molecule has 0 fully saturated rings. The molecule has 4 rings (SSSR count). The largest absolute Gasteiger partial charge is 0.506 e. The van der Waals surface area contributed by atoms with Gasteiger partial charge >= 0.3 is 12.4 Å². The smallest absolute Gasteiger partial charge is 0.411 e. The highest BCUT2D eigenvalue weighted by Gasteiger charge is 2.72. The highest BCUT2D eigenvalue weighted by atomic mass is 19.4. The molecule has 0 bridgehead atoms. The van der Waals surface area contributed by atoms with Crippen molar-refractivity contribution in [1.29, 1.82) is 0 Å². The van der Waals surface area contributed by atoms with Gasteiger partial charge in [0, 0.05) is 22.5 Å². The van der Waals surface area contributed by atoms with E-state index in [-0.39, 0.29) is 28.9 Å². The third-order valence-corrected chi connectivity index (χ3v) is 6.78. The first-order valence-corrected chi connectivity index (χ1v) is 12.5. The van der Waals surface area contributed by atoms with Crippen molar-refractivity contribution in [3.8, 4) is 11.5 Å². The van der Waals surface area contributed by atoms with E-state index in [0.717, 1.165) is 0 Å². The van der Waals surface area contributed by atoms with Crippen LogP contribution in [0.2, 0.25) is 0 Å². The number of carbonyl (C=O) groups is 2. The summed E-state index contributed by atoms with van der Waals surface area (Å²) in [6, 6.07) is 8.08. The molecule has 3 aromatic carbocycles. The zero-order valence-corrected chi connectivity index (χ0v) is 22.0. The van der Waals surface area contributed by atoms with Crippen LogP contribution in [0.5, 0.6) is 11.5 Å². The first kappa shape index (κ1) is 30.8. The van der Waals surface area contributed by atoms with E-state index in [9.17, 15) is 46.1 Å². The Morgan fingerprint density at radius 2 is 1.28 bits per heavy atom. The summed E-state index contributed by atoms with van der Waals surface area (Å²) in [6.45, 7) is 0. The lowest BCUT2D eigenvalue weighted by atomic mass is 9.72. The minimum atomic E-state index is -6.05. The average Bonchev–Trinajstić information content (AvgIpc) is 2.91. The molecule has 0 saturated heterocycles. The molecule has 8 N–H and O–H groups in total. The molecule has 0 heterocycles. The van der Waals surface area contributed by atoms with Crippen molar-refractivity contribution >= 4 is 28.9 Å². The van der Waals surface area contributed by atoms with Gasteiger partial charge in [-0.1, -0.05) is 24.3 Å². The number of nitrogens with one attached hydrogen (secondary N) is 2. The summed E-state index contributed by atoms with van der Waals surface area (Å²) in [6.07, 6.45) is -8.62. The molecule has 1 aliphatic rings. The molecule has 0 spiro atoms. The molecule has 43 heavy (non-hydrogen) atoms. The Kier molecular flexibility index (Phi) is 8.07. The van der Waals surface area contributed by atoms with Crippen molar-refractivity contribution in [3.63, 3.8) is 0 Å². The lowest BCUT2D eigenvalue weighted by Gasteiger charge is -2.38. The molecule has 0 aliphatic heterocycles. The number of aromatic hydroxyl groups is 2. The number of nitrogens with two attached hydrogens (primary N) is 2. The third kappa shape index (κ3) is 5.94. The molecule has 0 unspecified atom stereocenters. The Labute approximate surface area is 240 Å². The SMILES string of the molecule is NC1=CCCC(C(=O)Nc2cc(C(c3ccc(O)c(NC(=O)c4cccc(N)c4)c3)(C(F)(F)F)C(F)(F)F)ccc2O)=C1. The fourth-order valence-corrected chi connectivity index (χ4v) is 4.70. The maximum Gasteiger partial charge on any atom is 0.411 e. The van der Waals surface area contributed by atoms with Gasteiger partial charge in [0.05, 0.1) is 11.4 Å². The molecule has 0 atom stereocenters. The molecule has 0 radical (unpaired) electrons. The van der Waals surface area contributed by atoms with Crippen LogP contribution < -0.4 is 22.1 Å². The zero-order chi connectivity index (χ0) is 31.7. The molecular formula is C29H24F6N4O4. The number of phenols is 2. The van der Waals surface area contributed by atoms with Gasteiger partial charge in [0.2, 0.25) is 5.41 Å². The molecule has 1 aliphatic carbocycles. The second-order valence-electron chi connectivity index (χ2n) is 9.66. The van der Waals surface area contributed by atoms with E-state index in [1.165, 1.54) is 30.3 Å². The molecule has 0 saturated carbocycles. The normalized spacial score (nSPS) is 14.0. The van der Waals surface area contributed by atoms with Crippen molar-refractivity contribution in [2.45, 2.75) is 30.6 Å². The van der Waals surface area contributed by atoms with Crippen LogP contribution in [0.1, 0.15) is 34.3 Å². The standard InChI is InChI=1S/C29H24F6N4O4/c30-28(31,32)27(29(33,34)35,17-7-9-23(40)21(13-17)38-25(42)15-3-1-5-19(36)11-15)18-8-10-24(41)22(14-18)39-26(43)16-4-2-6-20(37)12-16/h1,3,5-14,40-41H,2,4,36-37H2,(H,38,42)(H,39,43). The van der Waals surface area contributed by atoms with E-state index >= 15 is 0 Å². The minimum Gasteiger partial charge on any atom is -0.506 e. The van der Waals surface area contributed by atoms with Crippen molar-refractivity contribution in [2.24, 2.45) is 5.73 Å². The lowest BCUT2D eigenvalue weighted by Crippen LogP contribution is -2.54. The number of phenolic OH excluding ortho intramolecular Hbond substituents is 2. The van der Waals surface area contributed by atoms with Gasteiger partial charge in [-0.25, -0.2) is 0 Å². The van der Waals surface area contributed by atoms with E-state index in [4.69, 9.17) is 11.5 Å². The number of hydrogen-bond donors (Lipinski definition) is 6. The molecule has 14 heteroatoms. The quantitative estimate of drug-likeness (QED) is 0.118. The number of amides is 2. The summed E-state index contributed by atoms with van der Waals surface area (Å²) >= 11 is 0. The van der Waals surface area contributed by atoms with Gasteiger partial charge in [-0.15, -0.1) is 0 Å². The number of hydrogen-bond acceptors (Lipinski definition) is 6. The highest BCUT2D eigenvalue weighted by Crippen LogP contribution is 2.57. The van der Waals surface area contributed by atoms with E-state index in [1.807, 2.05) is 0 Å². The van der Waals surface area contributed by atoms with E-state index in [0.29, 0.717) is 42.8 Å². The van der Waals surface area contributed by atoms with Crippen LogP contribution in [0, 0.1) is 0 Å². The second-order valence-corrected chi connectivity index (χ2v) is 9.66. The molecular weight excluding hydrogens is 582 g/mol. The summed E-state index contributed by atoms with van der Waals surface area (Å²) in [5, 5.41) is 24.8. The monoisotopic (exact) mass is 606 g/mol. The van der Waals surface area contributed by atoms with E-state index in [1.54, 1.807) is 6.08 Å². The predicted molar refractivity (Wildman–Crippen MR) is 146 cm³/mol. The first-order chi connectivity index (χ1) is 20.0. The molecule has 2 amide bonds. The molecule has 8 nitrogen and oxygen atoms in total. The molecule has 3 aromatic rings. The topological polar surface area (TPSA) is 151 Å². The van der Waals surface area contributed by atoms with E-state index in [2.05, 4.69) is 10.6 Å². The number of anilines is 3. The predicted octanol–water partition coefficient (Wildman–Crippen LogP) is 5.84. The highest BCUT2D eigenvalue weighted by molar-refractivity contribution is 6.06. The van der Waals surface area contributed by atoms with Gasteiger partial charge in [-0.2, -0.15) is 26.3 Å². The number of allylic oxidation sites excluding steroid dienone is 2. The maximum absolute atomic E-state index is 14.8. The third-order valence-electron chi connectivity index (χ3n) is 6.78. The van der Waals surface area contributed by atoms with Crippen LogP contribution in [0.25, 0.3) is 0 Å². The fraction of sp³-hybridized carbons (Fsp3) is 0.172.